The number of para-hydroxylation sites is 2. The van der Waals surface area contributed by atoms with Crippen LogP contribution in [0.5, 0.6) is 23.0 Å². The number of benzene rings is 3. The molecule has 7 heteroatoms. The molecule has 0 atom stereocenters. The van der Waals surface area contributed by atoms with E-state index < -0.39 is 0 Å². The van der Waals surface area contributed by atoms with Gasteiger partial charge in [0, 0.05) is 23.9 Å². The molecule has 168 valence electrons. The predicted molar refractivity (Wildman–Crippen MR) is 129 cm³/mol. The van der Waals surface area contributed by atoms with Gasteiger partial charge >= 0.3 is 0 Å². The molecule has 34 heavy (non-hydrogen) atoms. The Bertz CT molecular complexity index is 1410. The van der Waals surface area contributed by atoms with E-state index in [1.54, 1.807) is 47.1 Å². The molecule has 0 aliphatic carbocycles. The number of phenolic OH excluding ortho intramolecular Hbond substituents is 1. The van der Waals surface area contributed by atoms with Crippen molar-refractivity contribution in [1.82, 2.24) is 9.88 Å². The fourth-order valence-electron chi connectivity index (χ4n) is 4.26. The Labute approximate surface area is 200 Å². The third-order valence-corrected chi connectivity index (χ3v) is 6.96. The maximum Gasteiger partial charge on any atom is 0.272 e. The van der Waals surface area contributed by atoms with Crippen molar-refractivity contribution in [3.05, 3.63) is 90.3 Å². The second-order valence-electron chi connectivity index (χ2n) is 8.06. The molecule has 1 N–H and O–H groups in total. The van der Waals surface area contributed by atoms with Crippen molar-refractivity contribution in [2.75, 3.05) is 13.2 Å². The molecule has 0 radical (unpaired) electrons. The maximum atomic E-state index is 13.0. The Morgan fingerprint density at radius 2 is 1.82 bits per heavy atom. The van der Waals surface area contributed by atoms with E-state index in [0.29, 0.717) is 24.5 Å². The van der Waals surface area contributed by atoms with Crippen molar-refractivity contribution in [2.24, 2.45) is 0 Å². The van der Waals surface area contributed by atoms with Crippen LogP contribution < -0.4 is 9.47 Å². The van der Waals surface area contributed by atoms with E-state index in [2.05, 4.69) is 4.98 Å². The van der Waals surface area contributed by atoms with E-state index in [-0.39, 0.29) is 18.3 Å². The number of pyridine rings is 1. The van der Waals surface area contributed by atoms with Gasteiger partial charge in [-0.25, -0.2) is 0 Å². The van der Waals surface area contributed by atoms with Crippen LogP contribution in [0.2, 0.25) is 0 Å². The lowest BCUT2D eigenvalue weighted by Crippen LogP contribution is -2.32. The van der Waals surface area contributed by atoms with Crippen molar-refractivity contribution < 1.29 is 19.4 Å². The van der Waals surface area contributed by atoms with Crippen molar-refractivity contribution in [3.8, 4) is 34.1 Å². The van der Waals surface area contributed by atoms with E-state index in [1.165, 1.54) is 0 Å². The number of rotatable bonds is 2. The van der Waals surface area contributed by atoms with Gasteiger partial charge in [0.1, 0.15) is 23.8 Å². The lowest BCUT2D eigenvalue weighted by Gasteiger charge is -2.23. The van der Waals surface area contributed by atoms with E-state index in [9.17, 15) is 9.90 Å². The molecule has 0 unspecified atom stereocenters. The molecule has 0 spiro atoms. The first-order valence-corrected chi connectivity index (χ1v) is 11.8. The summed E-state index contributed by atoms with van der Waals surface area (Å²) < 4.78 is 12.1. The summed E-state index contributed by atoms with van der Waals surface area (Å²) >= 11 is 1.66. The standard InChI is InChI=1S/C27H20N2O4S/c30-21-15-17(19-6-5-10-24-26(19)33-22-8-1-2-9-23(22)34-24)14-18-16-29(12-13-32-25(18)21)27(31)20-7-3-4-11-28-20/h1-11,14-15,30H,12-13,16H2. The molecule has 4 aromatic rings. The molecule has 2 aliphatic rings. The van der Waals surface area contributed by atoms with Crippen molar-refractivity contribution >= 4 is 17.7 Å². The number of fused-ring (bicyclic) bond motifs is 3. The second kappa shape index (κ2) is 8.43. The van der Waals surface area contributed by atoms with Crippen LogP contribution in [-0.2, 0) is 6.54 Å². The molecule has 3 heterocycles. The first kappa shape index (κ1) is 20.6. The Morgan fingerprint density at radius 3 is 2.71 bits per heavy atom. The van der Waals surface area contributed by atoms with Crippen molar-refractivity contribution in [2.45, 2.75) is 16.3 Å². The van der Waals surface area contributed by atoms with Gasteiger partial charge in [-0.1, -0.05) is 42.1 Å². The van der Waals surface area contributed by atoms with Gasteiger partial charge in [0.15, 0.2) is 11.5 Å². The van der Waals surface area contributed by atoms with Gasteiger partial charge in [-0.15, -0.1) is 0 Å². The quantitative estimate of drug-likeness (QED) is 0.356. The fourth-order valence-corrected chi connectivity index (χ4v) is 5.24. The van der Waals surface area contributed by atoms with Crippen LogP contribution in [0.3, 0.4) is 0 Å². The topological polar surface area (TPSA) is 71.9 Å². The van der Waals surface area contributed by atoms with E-state index >= 15 is 0 Å². The van der Waals surface area contributed by atoms with E-state index in [0.717, 1.165) is 38.0 Å². The number of nitrogens with zero attached hydrogens (tertiary/aromatic N) is 2. The summed E-state index contributed by atoms with van der Waals surface area (Å²) in [5.74, 6) is 1.84. The lowest BCUT2D eigenvalue weighted by atomic mass is 10.00. The van der Waals surface area contributed by atoms with Gasteiger partial charge in [-0.2, -0.15) is 0 Å². The summed E-state index contributed by atoms with van der Waals surface area (Å²) in [7, 11) is 0. The van der Waals surface area contributed by atoms with Gasteiger partial charge in [-0.3, -0.25) is 9.78 Å². The molecule has 0 saturated carbocycles. The summed E-state index contributed by atoms with van der Waals surface area (Å²) in [5.41, 5.74) is 2.78. The lowest BCUT2D eigenvalue weighted by molar-refractivity contribution is 0.0727. The zero-order valence-corrected chi connectivity index (χ0v) is 18.9. The molecule has 6 rings (SSSR count). The zero-order chi connectivity index (χ0) is 23.1. The zero-order valence-electron chi connectivity index (χ0n) is 18.1. The number of carbonyl (C=O) groups is 1. The normalized spacial score (nSPS) is 14.1. The van der Waals surface area contributed by atoms with E-state index in [4.69, 9.17) is 9.47 Å². The van der Waals surface area contributed by atoms with Crippen LogP contribution in [0, 0.1) is 0 Å². The van der Waals surface area contributed by atoms with Gasteiger partial charge in [0.25, 0.3) is 5.91 Å². The fraction of sp³-hybridized carbons (Fsp3) is 0.111. The Balaban J connectivity index is 1.38. The Kier molecular flexibility index (Phi) is 5.11. The molecule has 1 amide bonds. The first-order valence-electron chi connectivity index (χ1n) is 10.9. The summed E-state index contributed by atoms with van der Waals surface area (Å²) in [5, 5.41) is 10.8. The number of aromatic hydroxyl groups is 1. The SMILES string of the molecule is O=C(c1ccccn1)N1CCOc2c(O)cc(-c3cccc4c3Oc3ccccc3S4)cc2C1. The van der Waals surface area contributed by atoms with Crippen LogP contribution in [0.4, 0.5) is 0 Å². The van der Waals surface area contributed by atoms with Crippen LogP contribution in [0.25, 0.3) is 11.1 Å². The monoisotopic (exact) mass is 468 g/mol. The number of ether oxygens (including phenoxy) is 2. The second-order valence-corrected chi connectivity index (χ2v) is 9.14. The van der Waals surface area contributed by atoms with E-state index in [1.807, 2.05) is 48.5 Å². The minimum atomic E-state index is -0.171. The number of aromatic nitrogens is 1. The Morgan fingerprint density at radius 1 is 0.971 bits per heavy atom. The molecular formula is C27H20N2O4S. The number of phenols is 1. The highest BCUT2D eigenvalue weighted by molar-refractivity contribution is 7.99. The molecule has 0 fully saturated rings. The maximum absolute atomic E-state index is 13.0. The highest BCUT2D eigenvalue weighted by Gasteiger charge is 2.26. The molecule has 0 bridgehead atoms. The summed E-state index contributed by atoms with van der Waals surface area (Å²) in [6, 6.07) is 22.8. The van der Waals surface area contributed by atoms with Crippen molar-refractivity contribution in [3.63, 3.8) is 0 Å². The predicted octanol–water partition coefficient (Wildman–Crippen LogP) is 5.75. The minimum absolute atomic E-state index is 0.0427. The number of carbonyl (C=O) groups excluding carboxylic acids is 1. The molecule has 0 saturated heterocycles. The molecule has 2 aliphatic heterocycles. The van der Waals surface area contributed by atoms with Crippen LogP contribution in [0.1, 0.15) is 16.1 Å². The third-order valence-electron chi connectivity index (χ3n) is 5.86. The first-order chi connectivity index (χ1) is 16.7. The summed E-state index contributed by atoms with van der Waals surface area (Å²) in [6.45, 7) is 0.992. The van der Waals surface area contributed by atoms with Crippen LogP contribution in [0.15, 0.2) is 88.8 Å². The molecule has 1 aromatic heterocycles. The smallest absolute Gasteiger partial charge is 0.272 e. The summed E-state index contributed by atoms with van der Waals surface area (Å²) in [4.78, 5) is 21.0. The van der Waals surface area contributed by atoms with Gasteiger partial charge in [0.2, 0.25) is 0 Å². The number of hydrogen-bond donors (Lipinski definition) is 1. The largest absolute Gasteiger partial charge is 0.504 e. The third kappa shape index (κ3) is 3.64. The van der Waals surface area contributed by atoms with Gasteiger partial charge < -0.3 is 19.5 Å². The highest BCUT2D eigenvalue weighted by atomic mass is 32.2. The number of amides is 1. The van der Waals surface area contributed by atoms with Crippen LogP contribution in [-0.4, -0.2) is 34.0 Å². The Hall–Kier alpha value is -3.97. The molecule has 6 nitrogen and oxygen atoms in total. The average Bonchev–Trinajstić information content (AvgIpc) is 3.10. The van der Waals surface area contributed by atoms with Crippen molar-refractivity contribution in [1.29, 1.82) is 0 Å². The highest BCUT2D eigenvalue weighted by Crippen LogP contribution is 2.51. The van der Waals surface area contributed by atoms with Gasteiger partial charge in [0.05, 0.1) is 16.3 Å². The summed E-state index contributed by atoms with van der Waals surface area (Å²) in [6.07, 6.45) is 1.61. The number of hydrogen-bond acceptors (Lipinski definition) is 6. The minimum Gasteiger partial charge on any atom is -0.504 e. The van der Waals surface area contributed by atoms with Crippen LogP contribution >= 0.6 is 11.8 Å². The molecular weight excluding hydrogens is 448 g/mol. The van der Waals surface area contributed by atoms with Gasteiger partial charge in [-0.05, 0) is 48.0 Å². The molecule has 3 aromatic carbocycles. The average molecular weight is 469 g/mol.